The normalized spacial score (nSPS) is 15.9. The lowest BCUT2D eigenvalue weighted by atomic mass is 9.43. The Balaban J connectivity index is 1.24. The van der Waals surface area contributed by atoms with Crippen LogP contribution in [0.2, 0.25) is 0 Å². The molecule has 0 saturated heterocycles. The third kappa shape index (κ3) is 4.73. The summed E-state index contributed by atoms with van der Waals surface area (Å²) in [5.41, 5.74) is 25.5. The molecule has 4 heterocycles. The molecule has 66 heavy (non-hydrogen) atoms. The standard InChI is InChI=1S/C62H53BN2S/c1-59(2,3)34-23-26-36(27-24-34)65-49-32-46-40(37-17-11-14-20-44(37)61(46,7)8)30-43(49)54-53-39-19-12-15-21-45(39)62(9,10)56(53)55-42-29-35(60(4,5)6)25-28-48(42)64-50-33-52-41(38-18-13-16-22-51(38)66-52)31-47(50)63(65)57(54)58(55)64/h11-33H,1-10H3. The van der Waals surface area contributed by atoms with Gasteiger partial charge in [0.05, 0.1) is 11.0 Å². The van der Waals surface area contributed by atoms with Crippen molar-refractivity contribution in [2.45, 2.75) is 90.9 Å². The van der Waals surface area contributed by atoms with Crippen LogP contribution in [0.25, 0.3) is 81.0 Å². The number of fused-ring (bicyclic) bond motifs is 19. The van der Waals surface area contributed by atoms with Crippen molar-refractivity contribution in [3.05, 3.63) is 173 Å². The second kappa shape index (κ2) is 12.3. The summed E-state index contributed by atoms with van der Waals surface area (Å²) < 4.78 is 5.38. The van der Waals surface area contributed by atoms with E-state index in [0.29, 0.717) is 0 Å². The lowest BCUT2D eigenvalue weighted by Crippen LogP contribution is -2.60. The maximum atomic E-state index is 2.77. The average molecular weight is 869 g/mol. The zero-order valence-electron chi connectivity index (χ0n) is 39.7. The number of thiophene rings is 1. The van der Waals surface area contributed by atoms with E-state index in [1.807, 2.05) is 11.3 Å². The van der Waals surface area contributed by atoms with Gasteiger partial charge < -0.3 is 9.38 Å². The largest absolute Gasteiger partial charge is 0.376 e. The second-order valence-electron chi connectivity index (χ2n) is 22.9. The third-order valence-electron chi connectivity index (χ3n) is 16.4. The summed E-state index contributed by atoms with van der Waals surface area (Å²) in [5.74, 6) is 0. The first-order valence-electron chi connectivity index (χ1n) is 24.0. The molecule has 0 saturated carbocycles. The van der Waals surface area contributed by atoms with Crippen molar-refractivity contribution < 1.29 is 0 Å². The third-order valence-corrected chi connectivity index (χ3v) is 17.6. The maximum Gasteiger partial charge on any atom is 0.333 e. The molecular weight excluding hydrogens is 816 g/mol. The van der Waals surface area contributed by atoms with Crippen molar-refractivity contribution in [2.24, 2.45) is 0 Å². The van der Waals surface area contributed by atoms with E-state index in [2.05, 4.69) is 218 Å². The average Bonchev–Trinajstić information content (AvgIpc) is 3.97. The first-order valence-corrected chi connectivity index (χ1v) is 24.8. The predicted molar refractivity (Wildman–Crippen MR) is 285 cm³/mol. The number of hydrogen-bond acceptors (Lipinski definition) is 2. The van der Waals surface area contributed by atoms with Gasteiger partial charge >= 0.3 is 6.85 Å². The van der Waals surface area contributed by atoms with E-state index in [1.54, 1.807) is 0 Å². The fraction of sp³-hybridized carbons (Fsp3) is 0.226. The first kappa shape index (κ1) is 38.9. The minimum Gasteiger partial charge on any atom is -0.376 e. The second-order valence-corrected chi connectivity index (χ2v) is 24.0. The molecule has 8 aromatic carbocycles. The fourth-order valence-corrected chi connectivity index (χ4v) is 14.3. The van der Waals surface area contributed by atoms with Crippen molar-refractivity contribution in [1.82, 2.24) is 4.57 Å². The lowest BCUT2D eigenvalue weighted by Gasteiger charge is -2.44. The summed E-state index contributed by atoms with van der Waals surface area (Å²) in [7, 11) is 0. The number of nitrogens with zero attached hydrogens (tertiary/aromatic N) is 2. The van der Waals surface area contributed by atoms with Gasteiger partial charge in [-0.25, -0.2) is 0 Å². The van der Waals surface area contributed by atoms with Crippen molar-refractivity contribution in [3.8, 4) is 39.1 Å². The van der Waals surface area contributed by atoms with E-state index in [1.165, 1.54) is 137 Å². The van der Waals surface area contributed by atoms with Crippen LogP contribution in [0, 0.1) is 0 Å². The Morgan fingerprint density at radius 2 is 1.17 bits per heavy atom. The van der Waals surface area contributed by atoms with E-state index in [-0.39, 0.29) is 28.5 Å². The summed E-state index contributed by atoms with van der Waals surface area (Å²) in [4.78, 5) is 2.77. The van der Waals surface area contributed by atoms with Gasteiger partial charge in [0.1, 0.15) is 0 Å². The predicted octanol–water partition coefficient (Wildman–Crippen LogP) is 15.6. The quantitative estimate of drug-likeness (QED) is 0.149. The van der Waals surface area contributed by atoms with Gasteiger partial charge in [-0.15, -0.1) is 11.3 Å². The Kier molecular flexibility index (Phi) is 7.27. The molecule has 320 valence electrons. The molecule has 0 bridgehead atoms. The first-order chi connectivity index (χ1) is 31.5. The molecule has 0 amide bonds. The SMILES string of the molecule is CC(C)(C)c1ccc(N2B3c4cc5c(cc4-n4c6ccc(C(C)(C)C)cc6c6c7c(c(c3c64)-c3cc4c(cc32)C(C)(C)c2ccccc2-4)-c2ccccc2C7(C)C)sc2ccccc25)cc1. The molecule has 0 N–H and O–H groups in total. The van der Waals surface area contributed by atoms with Crippen LogP contribution < -0.4 is 15.7 Å². The Morgan fingerprint density at radius 1 is 0.500 bits per heavy atom. The molecule has 0 atom stereocenters. The number of anilines is 2. The number of aromatic nitrogens is 1. The Labute approximate surface area is 392 Å². The van der Waals surface area contributed by atoms with Gasteiger partial charge in [0, 0.05) is 64.4 Å². The molecule has 0 spiro atoms. The summed E-state index contributed by atoms with van der Waals surface area (Å²) in [6, 6.07) is 55.0. The zero-order valence-corrected chi connectivity index (χ0v) is 40.5. The van der Waals surface area contributed by atoms with Crippen LogP contribution in [0.1, 0.15) is 103 Å². The van der Waals surface area contributed by atoms with Crippen molar-refractivity contribution in [3.63, 3.8) is 0 Å². The zero-order chi connectivity index (χ0) is 45.1. The van der Waals surface area contributed by atoms with Gasteiger partial charge in [0.2, 0.25) is 0 Å². The van der Waals surface area contributed by atoms with Gasteiger partial charge in [-0.05, 0) is 131 Å². The Morgan fingerprint density at radius 3 is 1.91 bits per heavy atom. The van der Waals surface area contributed by atoms with Crippen LogP contribution in [-0.2, 0) is 21.7 Å². The van der Waals surface area contributed by atoms with Crippen LogP contribution in [0.15, 0.2) is 140 Å². The van der Waals surface area contributed by atoms with Crippen molar-refractivity contribution in [2.75, 3.05) is 4.81 Å². The molecule has 2 nitrogen and oxygen atoms in total. The molecule has 0 fully saturated rings. The highest BCUT2D eigenvalue weighted by molar-refractivity contribution is 7.26. The summed E-state index contributed by atoms with van der Waals surface area (Å²) in [5, 5.41) is 5.45. The summed E-state index contributed by atoms with van der Waals surface area (Å²) >= 11 is 1.93. The minimum atomic E-state index is -0.242. The molecular formula is C62H53BN2S. The molecule has 2 aliphatic carbocycles. The molecule has 10 aromatic rings. The van der Waals surface area contributed by atoms with Gasteiger partial charge in [-0.1, -0.05) is 160 Å². The number of benzene rings is 8. The van der Waals surface area contributed by atoms with Crippen LogP contribution >= 0.6 is 11.3 Å². The summed E-state index contributed by atoms with van der Waals surface area (Å²) in [6.45, 7) is 23.8. The Bertz CT molecular complexity index is 3840. The summed E-state index contributed by atoms with van der Waals surface area (Å²) in [6.07, 6.45) is 0. The highest BCUT2D eigenvalue weighted by Gasteiger charge is 2.51. The molecule has 0 radical (unpaired) electrons. The van der Waals surface area contributed by atoms with Crippen molar-refractivity contribution >= 4 is 82.5 Å². The molecule has 14 rings (SSSR count). The van der Waals surface area contributed by atoms with Gasteiger partial charge in [0.15, 0.2) is 0 Å². The van der Waals surface area contributed by atoms with Gasteiger partial charge in [0.25, 0.3) is 0 Å². The highest BCUT2D eigenvalue weighted by Crippen LogP contribution is 2.61. The van der Waals surface area contributed by atoms with Crippen LogP contribution in [0.3, 0.4) is 0 Å². The Hall–Kier alpha value is -6.36. The molecule has 0 unspecified atom stereocenters. The van der Waals surface area contributed by atoms with E-state index < -0.39 is 0 Å². The molecule has 2 aromatic heterocycles. The maximum absolute atomic E-state index is 2.77. The van der Waals surface area contributed by atoms with Gasteiger partial charge in [-0.3, -0.25) is 0 Å². The molecule has 4 aliphatic rings. The monoisotopic (exact) mass is 868 g/mol. The van der Waals surface area contributed by atoms with E-state index in [0.717, 1.165) is 0 Å². The topological polar surface area (TPSA) is 8.17 Å². The van der Waals surface area contributed by atoms with E-state index in [4.69, 9.17) is 0 Å². The smallest absolute Gasteiger partial charge is 0.333 e. The van der Waals surface area contributed by atoms with Crippen LogP contribution in [0.5, 0.6) is 0 Å². The van der Waals surface area contributed by atoms with Crippen molar-refractivity contribution in [1.29, 1.82) is 0 Å². The highest BCUT2D eigenvalue weighted by atomic mass is 32.1. The van der Waals surface area contributed by atoms with Gasteiger partial charge in [-0.2, -0.15) is 0 Å². The van der Waals surface area contributed by atoms with Crippen LogP contribution in [0.4, 0.5) is 11.4 Å². The lowest BCUT2D eigenvalue weighted by molar-refractivity contribution is 0.590. The number of rotatable bonds is 1. The molecule has 4 heteroatoms. The fourth-order valence-electron chi connectivity index (χ4n) is 13.1. The number of hydrogen-bond donors (Lipinski definition) is 0. The van der Waals surface area contributed by atoms with E-state index in [9.17, 15) is 0 Å². The molecule has 2 aliphatic heterocycles. The van der Waals surface area contributed by atoms with Crippen LogP contribution in [-0.4, -0.2) is 11.4 Å². The minimum absolute atomic E-state index is 0.0122. The van der Waals surface area contributed by atoms with E-state index >= 15 is 0 Å².